The molecule has 23 heteroatoms. The van der Waals surface area contributed by atoms with Crippen LogP contribution in [0.15, 0.2) is 24.3 Å². The lowest BCUT2D eigenvalue weighted by molar-refractivity contribution is -0.474. The maximum atomic E-state index is 14.0. The molecule has 0 aliphatic carbocycles. The van der Waals surface area contributed by atoms with Crippen molar-refractivity contribution < 1.29 is 102 Å². The molecule has 0 saturated carbocycles. The van der Waals surface area contributed by atoms with Crippen molar-refractivity contribution in [3.63, 3.8) is 0 Å². The topological polar surface area (TPSA) is 18.5 Å². The van der Waals surface area contributed by atoms with Gasteiger partial charge in [-0.25, -0.2) is 0 Å². The number of halogens is 21. The minimum atomic E-state index is -9.19. The smallest absolute Gasteiger partial charge is 0.460 e. The summed E-state index contributed by atoms with van der Waals surface area (Å²) in [5.74, 6) is -77.4. The van der Waals surface area contributed by atoms with E-state index in [1.54, 1.807) is 0 Å². The molecule has 0 heterocycles. The van der Waals surface area contributed by atoms with Crippen LogP contribution in [0.3, 0.4) is 0 Å². The molecule has 0 aliphatic heterocycles. The zero-order valence-electron chi connectivity index (χ0n) is 22.3. The molecule has 0 spiro atoms. The molecule has 0 amide bonds. The highest BCUT2D eigenvalue weighted by atomic mass is 19.4. The Morgan fingerprint density at radius 3 is 1.04 bits per heavy atom. The summed E-state index contributed by atoms with van der Waals surface area (Å²) in [7, 11) is 0. The number of alkyl halides is 21. The molecule has 0 fully saturated rings. The molecule has 0 N–H and O–H groups in total. The number of ether oxygens (including phenoxy) is 2. The Hall–Kier alpha value is -2.65. The molecule has 2 nitrogen and oxygen atoms in total. The first-order valence-electron chi connectivity index (χ1n) is 12.1. The largest absolute Gasteiger partial charge is 0.494 e. The van der Waals surface area contributed by atoms with Gasteiger partial charge in [0.05, 0.1) is 19.6 Å². The van der Waals surface area contributed by atoms with E-state index in [2.05, 4.69) is 4.74 Å². The van der Waals surface area contributed by atoms with Crippen molar-refractivity contribution in [1.82, 2.24) is 0 Å². The van der Waals surface area contributed by atoms with Crippen molar-refractivity contribution >= 4 is 0 Å². The van der Waals surface area contributed by atoms with Crippen LogP contribution < -0.4 is 9.47 Å². The van der Waals surface area contributed by atoms with Crippen molar-refractivity contribution in [2.45, 2.75) is 92.1 Å². The fourth-order valence-electron chi connectivity index (χ4n) is 3.22. The Kier molecular flexibility index (Phi) is 11.5. The second-order valence-electron chi connectivity index (χ2n) is 9.42. The molecule has 0 radical (unpaired) electrons. The van der Waals surface area contributed by atoms with Crippen LogP contribution in [0.5, 0.6) is 11.5 Å². The van der Waals surface area contributed by atoms with Gasteiger partial charge in [-0.2, -0.15) is 92.2 Å². The number of hydrogen-bond acceptors (Lipinski definition) is 2. The Morgan fingerprint density at radius 2 is 0.717 bits per heavy atom. The van der Waals surface area contributed by atoms with Crippen LogP contribution in [-0.4, -0.2) is 72.7 Å². The van der Waals surface area contributed by atoms with Gasteiger partial charge in [-0.1, -0.05) is 19.8 Å². The fourth-order valence-corrected chi connectivity index (χ4v) is 3.22. The second kappa shape index (κ2) is 12.8. The number of benzene rings is 1. The molecule has 270 valence electrons. The van der Waals surface area contributed by atoms with Crippen LogP contribution in [0.2, 0.25) is 0 Å². The molecule has 0 unspecified atom stereocenters. The van der Waals surface area contributed by atoms with E-state index in [-0.39, 0.29) is 12.4 Å². The average Bonchev–Trinajstić information content (AvgIpc) is 2.90. The lowest BCUT2D eigenvalue weighted by atomic mass is 9.86. The summed E-state index contributed by atoms with van der Waals surface area (Å²) < 4.78 is 292. The van der Waals surface area contributed by atoms with Gasteiger partial charge in [-0.3, -0.25) is 0 Å². The summed E-state index contributed by atoms with van der Waals surface area (Å²) in [4.78, 5) is 0. The number of hydrogen-bond donors (Lipinski definition) is 0. The Balaban J connectivity index is 3.32. The second-order valence-corrected chi connectivity index (χ2v) is 9.42. The summed E-state index contributed by atoms with van der Waals surface area (Å²) in [6.07, 6.45) is -8.66. The minimum absolute atomic E-state index is 0.144. The summed E-state index contributed by atoms with van der Waals surface area (Å²) in [5, 5.41) is 0. The third-order valence-corrected chi connectivity index (χ3v) is 6.10. The van der Waals surface area contributed by atoms with Crippen molar-refractivity contribution in [3.8, 4) is 11.5 Å². The zero-order valence-corrected chi connectivity index (χ0v) is 22.3. The molecule has 0 aromatic heterocycles. The highest BCUT2D eigenvalue weighted by molar-refractivity contribution is 5.31. The predicted molar refractivity (Wildman–Crippen MR) is 112 cm³/mol. The molecule has 1 aromatic rings. The highest BCUT2D eigenvalue weighted by Crippen LogP contribution is 2.66. The summed E-state index contributed by atoms with van der Waals surface area (Å²) >= 11 is 0. The minimum Gasteiger partial charge on any atom is -0.494 e. The maximum absolute atomic E-state index is 14.0. The quantitative estimate of drug-likeness (QED) is 0.118. The van der Waals surface area contributed by atoms with Crippen molar-refractivity contribution in [2.75, 3.05) is 13.2 Å². The molecule has 1 rings (SSSR count). The molecule has 1 aromatic carbocycles. The molecule has 46 heavy (non-hydrogen) atoms. The Bertz CT molecular complexity index is 1140. The monoisotopic (exact) mass is 726 g/mol. The van der Waals surface area contributed by atoms with Crippen LogP contribution in [-0.2, 0) is 0 Å². The van der Waals surface area contributed by atoms with Crippen molar-refractivity contribution in [1.29, 1.82) is 0 Å². The molecule has 0 atom stereocenters. The van der Waals surface area contributed by atoms with Gasteiger partial charge < -0.3 is 9.47 Å². The zero-order chi connectivity index (χ0) is 36.6. The van der Waals surface area contributed by atoms with Crippen molar-refractivity contribution in [3.05, 3.63) is 24.3 Å². The highest BCUT2D eigenvalue weighted by Gasteiger charge is 2.97. The van der Waals surface area contributed by atoms with Gasteiger partial charge in [0, 0.05) is 0 Å². The van der Waals surface area contributed by atoms with Gasteiger partial charge in [0.2, 0.25) is 0 Å². The van der Waals surface area contributed by atoms with E-state index < -0.39 is 78.3 Å². The fraction of sp³-hybridized carbons (Fsp3) is 0.739. The average molecular weight is 726 g/mol. The van der Waals surface area contributed by atoms with Gasteiger partial charge in [0.15, 0.2) is 0 Å². The van der Waals surface area contributed by atoms with E-state index in [1.165, 1.54) is 0 Å². The van der Waals surface area contributed by atoms with Gasteiger partial charge in [0.25, 0.3) is 0 Å². The molecule has 0 aliphatic rings. The van der Waals surface area contributed by atoms with Crippen LogP contribution in [0, 0.1) is 0 Å². The van der Waals surface area contributed by atoms with Gasteiger partial charge >= 0.3 is 59.5 Å². The van der Waals surface area contributed by atoms with E-state index in [9.17, 15) is 92.2 Å². The van der Waals surface area contributed by atoms with Gasteiger partial charge in [-0.05, 0) is 30.7 Å². The van der Waals surface area contributed by atoms with E-state index in [0.29, 0.717) is 6.42 Å². The van der Waals surface area contributed by atoms with Crippen LogP contribution in [0.1, 0.15) is 32.6 Å². The molecular weight excluding hydrogens is 707 g/mol. The first kappa shape index (κ1) is 41.4. The van der Waals surface area contributed by atoms with Gasteiger partial charge in [0.1, 0.15) is 11.5 Å². The predicted octanol–water partition coefficient (Wildman–Crippen LogP) is 10.3. The maximum Gasteiger partial charge on any atom is 0.460 e. The first-order chi connectivity index (χ1) is 20.3. The normalized spacial score (nSPS) is 15.3. The van der Waals surface area contributed by atoms with Crippen LogP contribution in [0.25, 0.3) is 0 Å². The van der Waals surface area contributed by atoms with Gasteiger partial charge in [-0.15, -0.1) is 0 Å². The van der Waals surface area contributed by atoms with Crippen molar-refractivity contribution in [2.24, 2.45) is 0 Å². The van der Waals surface area contributed by atoms with E-state index in [1.807, 2.05) is 6.92 Å². The lowest BCUT2D eigenvalue weighted by Crippen LogP contribution is -2.76. The molecular formula is C23H19F21O2. The first-order valence-corrected chi connectivity index (χ1v) is 12.1. The summed E-state index contributed by atoms with van der Waals surface area (Å²) in [5.41, 5.74) is 0. The van der Waals surface area contributed by atoms with Crippen LogP contribution in [0.4, 0.5) is 92.2 Å². The summed E-state index contributed by atoms with van der Waals surface area (Å²) in [6.45, 7) is 0.221. The molecule has 0 bridgehead atoms. The Morgan fingerprint density at radius 1 is 0.413 bits per heavy atom. The summed E-state index contributed by atoms with van der Waals surface area (Å²) in [6, 6.07) is 4.04. The third kappa shape index (κ3) is 6.55. The van der Waals surface area contributed by atoms with Crippen LogP contribution >= 0.6 is 0 Å². The standard InChI is InChI=1S/C23H19F21O2/c1-2-3-4-10-45-12-5-7-13(8-6-12)46-11-9-14(24,25)15(26,27)16(28,29)17(30,31)18(32,33)19(34,35)20(36,37)21(38,39)22(40,41)23(42,43)44/h5-8H,2-4,9-11H2,1H3. The van der Waals surface area contributed by atoms with E-state index in [0.717, 1.165) is 37.1 Å². The van der Waals surface area contributed by atoms with E-state index >= 15 is 0 Å². The van der Waals surface area contributed by atoms with E-state index in [4.69, 9.17) is 4.74 Å². The lowest BCUT2D eigenvalue weighted by Gasteiger charge is -2.44. The number of unbranched alkanes of at least 4 members (excludes halogenated alkanes) is 2. The third-order valence-electron chi connectivity index (χ3n) is 6.10. The molecule has 0 saturated heterocycles. The Labute approximate surface area is 243 Å². The SMILES string of the molecule is CCCCCOc1ccc(OCCC(F)(F)C(F)(F)C(F)(F)C(F)(F)C(F)(F)C(F)(F)C(F)(F)C(F)(F)C(F)(F)C(F)(F)F)cc1. The number of rotatable bonds is 17.